The Labute approximate surface area is 122 Å². The second-order valence-corrected chi connectivity index (χ2v) is 4.31. The molecule has 2 rings (SSSR count). The largest absolute Gasteiger partial charge is 0.465 e. The highest BCUT2D eigenvalue weighted by Crippen LogP contribution is 2.16. The molecule has 110 valence electrons. The first-order valence-corrected chi connectivity index (χ1v) is 6.50. The van der Waals surface area contributed by atoms with Gasteiger partial charge in [0.1, 0.15) is 6.54 Å². The van der Waals surface area contributed by atoms with Gasteiger partial charge in [-0.05, 0) is 19.1 Å². The number of carbonyl (C=O) groups excluding carboxylic acids is 2. The standard InChI is InChI=1S/C14H16N4O3/c1-3-21-13(19)10-18(11-7-5-4-6-8-11)14(20)12-9-17(2)16-15-12/h4-9H,3,10H2,1-2H3. The molecule has 0 fully saturated rings. The molecule has 7 heteroatoms. The van der Waals surface area contributed by atoms with Crippen molar-refractivity contribution in [1.29, 1.82) is 0 Å². The third-order valence-corrected chi connectivity index (χ3v) is 2.73. The summed E-state index contributed by atoms with van der Waals surface area (Å²) in [4.78, 5) is 25.5. The number of hydrogen-bond acceptors (Lipinski definition) is 5. The van der Waals surface area contributed by atoms with Crippen LogP contribution in [0.1, 0.15) is 17.4 Å². The molecule has 0 bridgehead atoms. The van der Waals surface area contributed by atoms with E-state index in [9.17, 15) is 9.59 Å². The van der Waals surface area contributed by atoms with Gasteiger partial charge in [0.15, 0.2) is 5.69 Å². The minimum absolute atomic E-state index is 0.172. The van der Waals surface area contributed by atoms with Gasteiger partial charge in [-0.3, -0.25) is 19.2 Å². The minimum Gasteiger partial charge on any atom is -0.465 e. The van der Waals surface area contributed by atoms with Crippen LogP contribution in [0.5, 0.6) is 0 Å². The fourth-order valence-corrected chi connectivity index (χ4v) is 1.81. The molecule has 7 nitrogen and oxygen atoms in total. The van der Waals surface area contributed by atoms with E-state index in [0.29, 0.717) is 5.69 Å². The second kappa shape index (κ2) is 6.65. The molecule has 0 aliphatic carbocycles. The maximum Gasteiger partial charge on any atom is 0.326 e. The van der Waals surface area contributed by atoms with Gasteiger partial charge in [-0.2, -0.15) is 0 Å². The van der Waals surface area contributed by atoms with Crippen molar-refractivity contribution < 1.29 is 14.3 Å². The van der Waals surface area contributed by atoms with Crippen LogP contribution in [0.25, 0.3) is 0 Å². The molecule has 0 unspecified atom stereocenters. The average Bonchev–Trinajstić information content (AvgIpc) is 2.92. The van der Waals surface area contributed by atoms with E-state index in [1.807, 2.05) is 6.07 Å². The van der Waals surface area contributed by atoms with Crippen molar-refractivity contribution >= 4 is 17.6 Å². The Kier molecular flexibility index (Phi) is 4.65. The number of aryl methyl sites for hydroxylation is 1. The highest BCUT2D eigenvalue weighted by atomic mass is 16.5. The van der Waals surface area contributed by atoms with Crippen molar-refractivity contribution in [2.24, 2.45) is 7.05 Å². The molecule has 21 heavy (non-hydrogen) atoms. The van der Waals surface area contributed by atoms with Crippen molar-refractivity contribution in [3.05, 3.63) is 42.2 Å². The maximum absolute atomic E-state index is 12.5. The van der Waals surface area contributed by atoms with Gasteiger partial charge in [0.25, 0.3) is 5.91 Å². The molecule has 1 aromatic heterocycles. The summed E-state index contributed by atoms with van der Waals surface area (Å²) in [6.07, 6.45) is 1.50. The molecule has 0 radical (unpaired) electrons. The minimum atomic E-state index is -0.474. The average molecular weight is 288 g/mol. The Morgan fingerprint density at radius 3 is 2.57 bits per heavy atom. The van der Waals surface area contributed by atoms with Gasteiger partial charge >= 0.3 is 5.97 Å². The van der Waals surface area contributed by atoms with E-state index in [1.54, 1.807) is 38.2 Å². The fraction of sp³-hybridized carbons (Fsp3) is 0.286. The summed E-state index contributed by atoms with van der Waals surface area (Å²) in [7, 11) is 1.67. The Morgan fingerprint density at radius 2 is 2.00 bits per heavy atom. The molecule has 0 aliphatic rings. The maximum atomic E-state index is 12.5. The molecule has 0 aliphatic heterocycles. The van der Waals surface area contributed by atoms with E-state index < -0.39 is 11.9 Å². The van der Waals surface area contributed by atoms with Gasteiger partial charge in [-0.25, -0.2) is 0 Å². The molecule has 1 amide bonds. The van der Waals surface area contributed by atoms with E-state index in [0.717, 1.165) is 0 Å². The van der Waals surface area contributed by atoms with Crippen LogP contribution in [0.2, 0.25) is 0 Å². The lowest BCUT2D eigenvalue weighted by molar-refractivity contribution is -0.141. The summed E-state index contributed by atoms with van der Waals surface area (Å²) >= 11 is 0. The second-order valence-electron chi connectivity index (χ2n) is 4.31. The number of amides is 1. The lowest BCUT2D eigenvalue weighted by Gasteiger charge is -2.20. The Bertz CT molecular complexity index is 624. The van der Waals surface area contributed by atoms with Gasteiger partial charge in [-0.1, -0.05) is 23.4 Å². The van der Waals surface area contributed by atoms with Crippen LogP contribution < -0.4 is 4.90 Å². The fourth-order valence-electron chi connectivity index (χ4n) is 1.81. The van der Waals surface area contributed by atoms with Crippen molar-refractivity contribution in [2.45, 2.75) is 6.92 Å². The van der Waals surface area contributed by atoms with E-state index >= 15 is 0 Å². The zero-order valence-electron chi connectivity index (χ0n) is 11.9. The molecule has 2 aromatic rings. The van der Waals surface area contributed by atoms with Crippen molar-refractivity contribution in [1.82, 2.24) is 15.0 Å². The smallest absolute Gasteiger partial charge is 0.326 e. The number of benzene rings is 1. The Hall–Kier alpha value is -2.70. The third-order valence-electron chi connectivity index (χ3n) is 2.73. The van der Waals surface area contributed by atoms with E-state index in [1.165, 1.54) is 15.8 Å². The van der Waals surface area contributed by atoms with Crippen LogP contribution >= 0.6 is 0 Å². The summed E-state index contributed by atoms with van der Waals surface area (Å²) in [6, 6.07) is 8.90. The highest BCUT2D eigenvalue weighted by Gasteiger charge is 2.23. The van der Waals surface area contributed by atoms with Gasteiger partial charge < -0.3 is 4.74 Å². The first-order chi connectivity index (χ1) is 10.1. The molecule has 0 spiro atoms. The van der Waals surface area contributed by atoms with Gasteiger partial charge in [0, 0.05) is 12.7 Å². The number of aromatic nitrogens is 3. The lowest BCUT2D eigenvalue weighted by atomic mass is 10.2. The summed E-state index contributed by atoms with van der Waals surface area (Å²) < 4.78 is 6.34. The number of anilines is 1. The molecule has 0 saturated heterocycles. The first kappa shape index (κ1) is 14.7. The van der Waals surface area contributed by atoms with Gasteiger partial charge in [0.2, 0.25) is 0 Å². The molecule has 0 saturated carbocycles. The Morgan fingerprint density at radius 1 is 1.29 bits per heavy atom. The monoisotopic (exact) mass is 288 g/mol. The van der Waals surface area contributed by atoms with Crippen LogP contribution in [-0.4, -0.2) is 40.0 Å². The number of rotatable bonds is 5. The molecular weight excluding hydrogens is 272 g/mol. The van der Waals surface area contributed by atoms with Gasteiger partial charge in [0.05, 0.1) is 12.8 Å². The lowest BCUT2D eigenvalue weighted by Crippen LogP contribution is -2.36. The topological polar surface area (TPSA) is 77.3 Å². The van der Waals surface area contributed by atoms with Crippen LogP contribution in [0.3, 0.4) is 0 Å². The number of ether oxygens (including phenoxy) is 1. The molecule has 0 atom stereocenters. The van der Waals surface area contributed by atoms with Crippen molar-refractivity contribution in [2.75, 3.05) is 18.1 Å². The van der Waals surface area contributed by atoms with Crippen LogP contribution in [0.4, 0.5) is 5.69 Å². The summed E-state index contributed by atoms with van der Waals surface area (Å²) in [6.45, 7) is 1.81. The number of nitrogens with zero attached hydrogens (tertiary/aromatic N) is 4. The highest BCUT2D eigenvalue weighted by molar-refractivity contribution is 6.06. The summed E-state index contributed by atoms with van der Waals surface area (Å²) in [5, 5.41) is 7.52. The van der Waals surface area contributed by atoms with Crippen molar-refractivity contribution in [3.8, 4) is 0 Å². The number of hydrogen-bond donors (Lipinski definition) is 0. The summed E-state index contributed by atoms with van der Waals surface area (Å²) in [5.41, 5.74) is 0.770. The number of esters is 1. The predicted molar refractivity (Wildman–Crippen MR) is 75.8 cm³/mol. The molecule has 1 heterocycles. The molecule has 1 aromatic carbocycles. The van der Waals surface area contributed by atoms with Crippen LogP contribution in [-0.2, 0) is 16.6 Å². The number of carbonyl (C=O) groups is 2. The van der Waals surface area contributed by atoms with Crippen LogP contribution in [0.15, 0.2) is 36.5 Å². The van der Waals surface area contributed by atoms with E-state index in [-0.39, 0.29) is 18.8 Å². The van der Waals surface area contributed by atoms with E-state index in [2.05, 4.69) is 10.3 Å². The zero-order chi connectivity index (χ0) is 15.2. The molecular formula is C14H16N4O3. The first-order valence-electron chi connectivity index (χ1n) is 6.50. The normalized spacial score (nSPS) is 10.2. The van der Waals surface area contributed by atoms with E-state index in [4.69, 9.17) is 4.74 Å². The number of para-hydroxylation sites is 1. The van der Waals surface area contributed by atoms with Crippen molar-refractivity contribution in [3.63, 3.8) is 0 Å². The SMILES string of the molecule is CCOC(=O)CN(C(=O)c1cn(C)nn1)c1ccccc1. The quantitative estimate of drug-likeness (QED) is 0.768. The Balaban J connectivity index is 2.27. The van der Waals surface area contributed by atoms with Gasteiger partial charge in [-0.15, -0.1) is 5.10 Å². The summed E-state index contributed by atoms with van der Waals surface area (Å²) in [5.74, 6) is -0.874. The van der Waals surface area contributed by atoms with Crippen LogP contribution in [0, 0.1) is 0 Å². The zero-order valence-corrected chi connectivity index (χ0v) is 11.9. The third kappa shape index (κ3) is 3.65. The molecule has 0 N–H and O–H groups in total. The predicted octanol–water partition coefficient (Wildman–Crippen LogP) is 1.02.